The Morgan fingerprint density at radius 2 is 1.55 bits per heavy atom. The fourth-order valence-electron chi connectivity index (χ4n) is 1.64. The van der Waals surface area contributed by atoms with E-state index < -0.39 is 23.9 Å². The van der Waals surface area contributed by atoms with Gasteiger partial charge in [-0.1, -0.05) is 12.1 Å². The molecule has 0 radical (unpaired) electrons. The average molecular weight is 433 g/mol. The summed E-state index contributed by atoms with van der Waals surface area (Å²) in [6, 6.07) is 5.42. The predicted molar refractivity (Wildman–Crippen MR) is 74.1 cm³/mol. The molecule has 2 aromatic rings. The molecule has 0 unspecified atom stereocenters. The summed E-state index contributed by atoms with van der Waals surface area (Å²) in [4.78, 5) is 3.66. The van der Waals surface area contributed by atoms with Crippen molar-refractivity contribution in [1.82, 2.24) is 4.98 Å². The SMILES string of the molecule is FC(F)(F)Oc1ccc(-c2cc(C(F)(F)F)cnc2I)cc1. The Balaban J connectivity index is 2.36. The first-order chi connectivity index (χ1) is 10.1. The molecule has 0 atom stereocenters. The minimum Gasteiger partial charge on any atom is -0.406 e. The summed E-state index contributed by atoms with van der Waals surface area (Å²) in [6.07, 6.45) is -8.68. The van der Waals surface area contributed by atoms with Crippen molar-refractivity contribution in [3.63, 3.8) is 0 Å². The number of rotatable bonds is 2. The molecule has 0 saturated carbocycles. The molecule has 0 fully saturated rings. The Morgan fingerprint density at radius 3 is 2.05 bits per heavy atom. The molecule has 0 saturated heterocycles. The number of hydrogen-bond donors (Lipinski definition) is 0. The summed E-state index contributed by atoms with van der Waals surface area (Å²) in [5.41, 5.74) is -0.454. The summed E-state index contributed by atoms with van der Waals surface area (Å²) in [6.45, 7) is 0. The van der Waals surface area contributed by atoms with Crippen LogP contribution in [0.1, 0.15) is 5.56 Å². The Hall–Kier alpha value is -1.52. The highest BCUT2D eigenvalue weighted by atomic mass is 127. The Morgan fingerprint density at radius 1 is 0.955 bits per heavy atom. The van der Waals surface area contributed by atoms with E-state index in [4.69, 9.17) is 0 Å². The molecule has 1 aromatic carbocycles. The molecule has 2 rings (SSSR count). The molecule has 9 heteroatoms. The highest BCUT2D eigenvalue weighted by molar-refractivity contribution is 14.1. The summed E-state index contributed by atoms with van der Waals surface area (Å²) >= 11 is 1.75. The summed E-state index contributed by atoms with van der Waals surface area (Å²) in [7, 11) is 0. The van der Waals surface area contributed by atoms with Gasteiger partial charge in [0.15, 0.2) is 0 Å². The van der Waals surface area contributed by atoms with Crippen LogP contribution in [0, 0.1) is 3.70 Å². The van der Waals surface area contributed by atoms with Gasteiger partial charge in [0, 0.05) is 11.8 Å². The third kappa shape index (κ3) is 4.24. The van der Waals surface area contributed by atoms with Crippen molar-refractivity contribution in [3.8, 4) is 16.9 Å². The molecule has 0 spiro atoms. The number of alkyl halides is 6. The van der Waals surface area contributed by atoms with E-state index in [1.54, 1.807) is 22.6 Å². The van der Waals surface area contributed by atoms with Crippen molar-refractivity contribution in [2.75, 3.05) is 0 Å². The fraction of sp³-hybridized carbons (Fsp3) is 0.154. The number of ether oxygens (including phenoxy) is 1. The standard InChI is InChI=1S/C13H6F6INO/c14-12(15,16)8-5-10(11(20)21-6-8)7-1-3-9(4-2-7)22-13(17,18)19/h1-6H. The zero-order valence-corrected chi connectivity index (χ0v) is 12.6. The second-order valence-electron chi connectivity index (χ2n) is 4.13. The van der Waals surface area contributed by atoms with Gasteiger partial charge in [-0.2, -0.15) is 13.2 Å². The van der Waals surface area contributed by atoms with Crippen LogP contribution in [-0.4, -0.2) is 11.3 Å². The molecule has 0 bridgehead atoms. The van der Waals surface area contributed by atoms with Crippen LogP contribution in [-0.2, 0) is 6.18 Å². The highest BCUT2D eigenvalue weighted by Crippen LogP contribution is 2.34. The van der Waals surface area contributed by atoms with Gasteiger partial charge >= 0.3 is 12.5 Å². The van der Waals surface area contributed by atoms with Gasteiger partial charge in [-0.3, -0.25) is 0 Å². The first-order valence-electron chi connectivity index (χ1n) is 5.65. The maximum absolute atomic E-state index is 12.7. The minimum absolute atomic E-state index is 0.175. The van der Waals surface area contributed by atoms with E-state index in [9.17, 15) is 26.3 Å². The number of aromatic nitrogens is 1. The maximum Gasteiger partial charge on any atom is 0.573 e. The van der Waals surface area contributed by atoms with Gasteiger partial charge in [-0.25, -0.2) is 4.98 Å². The van der Waals surface area contributed by atoms with Gasteiger partial charge < -0.3 is 4.74 Å². The summed E-state index contributed by atoms with van der Waals surface area (Å²) < 4.78 is 78.2. The van der Waals surface area contributed by atoms with Crippen molar-refractivity contribution >= 4 is 22.6 Å². The lowest BCUT2D eigenvalue weighted by Crippen LogP contribution is -2.16. The molecule has 1 heterocycles. The quantitative estimate of drug-likeness (QED) is 0.366. The van der Waals surface area contributed by atoms with Gasteiger partial charge in [0.2, 0.25) is 0 Å². The van der Waals surface area contributed by atoms with Gasteiger partial charge in [0.1, 0.15) is 9.45 Å². The van der Waals surface area contributed by atoms with Crippen LogP contribution >= 0.6 is 22.6 Å². The zero-order valence-electron chi connectivity index (χ0n) is 10.5. The minimum atomic E-state index is -4.83. The van der Waals surface area contributed by atoms with Gasteiger partial charge in [-0.05, 0) is 46.4 Å². The molecule has 0 aliphatic heterocycles. The molecular weight excluding hydrogens is 427 g/mol. The molecule has 0 aliphatic carbocycles. The Bertz CT molecular complexity index is 666. The average Bonchev–Trinajstić information content (AvgIpc) is 2.37. The first-order valence-corrected chi connectivity index (χ1v) is 6.73. The molecule has 22 heavy (non-hydrogen) atoms. The van der Waals surface area contributed by atoms with E-state index in [-0.39, 0.29) is 5.56 Å². The molecule has 118 valence electrons. The van der Waals surface area contributed by atoms with E-state index >= 15 is 0 Å². The number of halogens is 7. The number of hydrogen-bond acceptors (Lipinski definition) is 2. The fourth-order valence-corrected chi connectivity index (χ4v) is 2.25. The summed E-state index contributed by atoms with van der Waals surface area (Å²) in [5.74, 6) is -0.453. The monoisotopic (exact) mass is 433 g/mol. The number of nitrogens with zero attached hydrogens (tertiary/aromatic N) is 1. The highest BCUT2D eigenvalue weighted by Gasteiger charge is 2.32. The van der Waals surface area contributed by atoms with Crippen LogP contribution in [0.3, 0.4) is 0 Å². The molecule has 0 aliphatic rings. The van der Waals surface area contributed by atoms with Crippen molar-refractivity contribution in [1.29, 1.82) is 0 Å². The predicted octanol–water partition coefficient (Wildman–Crippen LogP) is 5.27. The summed E-state index contributed by atoms with van der Waals surface area (Å²) in [5, 5.41) is 0. The number of pyridine rings is 1. The lowest BCUT2D eigenvalue weighted by Gasteiger charge is -2.12. The van der Waals surface area contributed by atoms with E-state index in [2.05, 4.69) is 9.72 Å². The van der Waals surface area contributed by atoms with Crippen molar-refractivity contribution < 1.29 is 31.1 Å². The van der Waals surface area contributed by atoms with Crippen LogP contribution in [0.25, 0.3) is 11.1 Å². The Labute approximate surface area is 134 Å². The molecule has 0 N–H and O–H groups in total. The van der Waals surface area contributed by atoms with Gasteiger partial charge in [0.25, 0.3) is 0 Å². The van der Waals surface area contributed by atoms with E-state index in [0.29, 0.717) is 15.5 Å². The van der Waals surface area contributed by atoms with Crippen LogP contribution in [0.4, 0.5) is 26.3 Å². The van der Waals surface area contributed by atoms with Crippen LogP contribution < -0.4 is 4.74 Å². The smallest absolute Gasteiger partial charge is 0.406 e. The topological polar surface area (TPSA) is 22.1 Å². The molecule has 1 aromatic heterocycles. The largest absolute Gasteiger partial charge is 0.573 e. The lowest BCUT2D eigenvalue weighted by molar-refractivity contribution is -0.274. The third-order valence-corrected chi connectivity index (χ3v) is 3.42. The third-order valence-electron chi connectivity index (χ3n) is 2.57. The lowest BCUT2D eigenvalue weighted by atomic mass is 10.1. The Kier molecular flexibility index (Phi) is 4.54. The maximum atomic E-state index is 12.7. The van der Waals surface area contributed by atoms with Crippen molar-refractivity contribution in [2.24, 2.45) is 0 Å². The van der Waals surface area contributed by atoms with Gasteiger partial charge in [0.05, 0.1) is 5.56 Å². The number of benzene rings is 1. The molecular formula is C13H6F6INO. The van der Waals surface area contributed by atoms with E-state index in [0.717, 1.165) is 18.2 Å². The van der Waals surface area contributed by atoms with Crippen molar-refractivity contribution in [2.45, 2.75) is 12.5 Å². The van der Waals surface area contributed by atoms with E-state index in [1.165, 1.54) is 12.1 Å². The molecule has 0 amide bonds. The second kappa shape index (κ2) is 5.94. The zero-order chi connectivity index (χ0) is 16.5. The van der Waals surface area contributed by atoms with Crippen LogP contribution in [0.15, 0.2) is 36.5 Å². The second-order valence-corrected chi connectivity index (χ2v) is 5.15. The van der Waals surface area contributed by atoms with Crippen molar-refractivity contribution in [3.05, 3.63) is 45.8 Å². The molecule has 2 nitrogen and oxygen atoms in total. The first kappa shape index (κ1) is 16.8. The van der Waals surface area contributed by atoms with Crippen LogP contribution in [0.5, 0.6) is 5.75 Å². The normalized spacial score (nSPS) is 12.3. The van der Waals surface area contributed by atoms with Gasteiger partial charge in [-0.15, -0.1) is 13.2 Å². The van der Waals surface area contributed by atoms with Crippen LogP contribution in [0.2, 0.25) is 0 Å². The van der Waals surface area contributed by atoms with E-state index in [1.807, 2.05) is 0 Å².